The van der Waals surface area contributed by atoms with Gasteiger partial charge in [0.15, 0.2) is 0 Å². The van der Waals surface area contributed by atoms with E-state index in [4.69, 9.17) is 9.84 Å². The van der Waals surface area contributed by atoms with Crippen LogP contribution in [-0.4, -0.2) is 24.3 Å². The third-order valence-electron chi connectivity index (χ3n) is 1.10. The molecule has 3 nitrogen and oxygen atoms in total. The molecule has 0 aromatic carbocycles. The summed E-state index contributed by atoms with van der Waals surface area (Å²) in [6.45, 7) is 2.37. The third-order valence-corrected chi connectivity index (χ3v) is 1.10. The standard InChI is InChI=1S/C8H14O3/c1-2-3-7-11-8(10)5-4-6-9/h4-5,9H,2-3,6-7H2,1H3/b5-4+. The Morgan fingerprint density at radius 3 is 2.91 bits per heavy atom. The highest BCUT2D eigenvalue weighted by molar-refractivity contribution is 5.81. The van der Waals surface area contributed by atoms with Crippen LogP contribution in [0.3, 0.4) is 0 Å². The second kappa shape index (κ2) is 7.28. The second-order valence-electron chi connectivity index (χ2n) is 2.11. The van der Waals surface area contributed by atoms with E-state index >= 15 is 0 Å². The summed E-state index contributed by atoms with van der Waals surface area (Å²) in [7, 11) is 0. The first-order valence-electron chi connectivity index (χ1n) is 3.75. The first kappa shape index (κ1) is 10.2. The highest BCUT2D eigenvalue weighted by Crippen LogP contribution is 1.89. The Bertz CT molecular complexity index is 129. The van der Waals surface area contributed by atoms with Crippen molar-refractivity contribution in [3.8, 4) is 0 Å². The Morgan fingerprint density at radius 1 is 1.64 bits per heavy atom. The topological polar surface area (TPSA) is 46.5 Å². The Kier molecular flexibility index (Phi) is 6.73. The van der Waals surface area contributed by atoms with Crippen LogP contribution in [0.4, 0.5) is 0 Å². The minimum Gasteiger partial charge on any atom is -0.463 e. The Morgan fingerprint density at radius 2 is 2.36 bits per heavy atom. The normalized spacial score (nSPS) is 10.4. The van der Waals surface area contributed by atoms with Crippen LogP contribution < -0.4 is 0 Å². The van der Waals surface area contributed by atoms with Crippen molar-refractivity contribution in [1.82, 2.24) is 0 Å². The van der Waals surface area contributed by atoms with Gasteiger partial charge in [-0.2, -0.15) is 0 Å². The molecule has 0 heterocycles. The number of carbonyl (C=O) groups is 1. The van der Waals surface area contributed by atoms with Crippen molar-refractivity contribution in [1.29, 1.82) is 0 Å². The molecule has 0 aromatic heterocycles. The molecule has 0 atom stereocenters. The predicted molar refractivity (Wildman–Crippen MR) is 42.1 cm³/mol. The summed E-state index contributed by atoms with van der Waals surface area (Å²) in [5, 5.41) is 8.29. The van der Waals surface area contributed by atoms with Crippen molar-refractivity contribution in [2.75, 3.05) is 13.2 Å². The zero-order chi connectivity index (χ0) is 8.53. The molecule has 0 aliphatic rings. The van der Waals surface area contributed by atoms with Crippen LogP contribution in [0.15, 0.2) is 12.2 Å². The lowest BCUT2D eigenvalue weighted by atomic mass is 10.4. The summed E-state index contributed by atoms with van der Waals surface area (Å²) in [6, 6.07) is 0. The lowest BCUT2D eigenvalue weighted by Gasteiger charge is -1.97. The molecule has 1 N–H and O–H groups in total. The lowest BCUT2D eigenvalue weighted by molar-refractivity contribution is -0.137. The second-order valence-corrected chi connectivity index (χ2v) is 2.11. The van der Waals surface area contributed by atoms with E-state index in [0.29, 0.717) is 6.61 Å². The van der Waals surface area contributed by atoms with Crippen molar-refractivity contribution >= 4 is 5.97 Å². The number of unbranched alkanes of at least 4 members (excludes halogenated alkanes) is 1. The number of rotatable bonds is 5. The number of aliphatic hydroxyl groups excluding tert-OH is 1. The highest BCUT2D eigenvalue weighted by atomic mass is 16.5. The van der Waals surface area contributed by atoms with E-state index in [1.807, 2.05) is 6.92 Å². The summed E-state index contributed by atoms with van der Waals surface area (Å²) >= 11 is 0. The highest BCUT2D eigenvalue weighted by Gasteiger charge is 1.93. The number of hydrogen-bond donors (Lipinski definition) is 1. The molecule has 0 aliphatic carbocycles. The third kappa shape index (κ3) is 7.06. The largest absolute Gasteiger partial charge is 0.463 e. The average molecular weight is 158 g/mol. The summed E-state index contributed by atoms with van der Waals surface area (Å²) in [5.41, 5.74) is 0. The van der Waals surface area contributed by atoms with Crippen molar-refractivity contribution in [2.45, 2.75) is 19.8 Å². The van der Waals surface area contributed by atoms with Crippen molar-refractivity contribution in [3.63, 3.8) is 0 Å². The quantitative estimate of drug-likeness (QED) is 0.367. The number of esters is 1. The molecule has 0 bridgehead atoms. The smallest absolute Gasteiger partial charge is 0.330 e. The molecule has 0 fully saturated rings. The Balaban J connectivity index is 3.30. The molecule has 0 radical (unpaired) electrons. The number of ether oxygens (including phenoxy) is 1. The predicted octanol–water partition coefficient (Wildman–Crippen LogP) is 0.878. The van der Waals surface area contributed by atoms with E-state index in [1.54, 1.807) is 0 Å². The Hall–Kier alpha value is -0.830. The van der Waals surface area contributed by atoms with Crippen LogP contribution >= 0.6 is 0 Å². The first-order valence-corrected chi connectivity index (χ1v) is 3.75. The van der Waals surface area contributed by atoms with E-state index < -0.39 is 0 Å². The van der Waals surface area contributed by atoms with Gasteiger partial charge in [0.2, 0.25) is 0 Å². The fraction of sp³-hybridized carbons (Fsp3) is 0.625. The molecule has 3 heteroatoms. The maximum Gasteiger partial charge on any atom is 0.330 e. The molecule has 0 saturated heterocycles. The zero-order valence-electron chi connectivity index (χ0n) is 6.75. The van der Waals surface area contributed by atoms with Crippen LogP contribution in [0.5, 0.6) is 0 Å². The van der Waals surface area contributed by atoms with Crippen LogP contribution in [0.25, 0.3) is 0 Å². The maximum atomic E-state index is 10.7. The van der Waals surface area contributed by atoms with Gasteiger partial charge in [-0.25, -0.2) is 4.79 Å². The van der Waals surface area contributed by atoms with Crippen molar-refractivity contribution < 1.29 is 14.6 Å². The van der Waals surface area contributed by atoms with Crippen LogP contribution in [0.2, 0.25) is 0 Å². The van der Waals surface area contributed by atoms with E-state index in [1.165, 1.54) is 12.2 Å². The molecular formula is C8H14O3. The van der Waals surface area contributed by atoms with Gasteiger partial charge < -0.3 is 9.84 Å². The number of aliphatic hydroxyl groups is 1. The Labute approximate surface area is 66.7 Å². The summed E-state index contributed by atoms with van der Waals surface area (Å²) in [4.78, 5) is 10.7. The van der Waals surface area contributed by atoms with Crippen molar-refractivity contribution in [3.05, 3.63) is 12.2 Å². The van der Waals surface area contributed by atoms with Gasteiger partial charge in [0, 0.05) is 6.08 Å². The molecule has 0 aliphatic heterocycles. The maximum absolute atomic E-state index is 10.7. The molecule has 0 unspecified atom stereocenters. The minimum atomic E-state index is -0.382. The summed E-state index contributed by atoms with van der Waals surface area (Å²) < 4.78 is 4.75. The van der Waals surface area contributed by atoms with Gasteiger partial charge in [0.25, 0.3) is 0 Å². The van der Waals surface area contributed by atoms with Gasteiger partial charge >= 0.3 is 5.97 Å². The molecule has 0 aromatic rings. The average Bonchev–Trinajstić information content (AvgIpc) is 2.01. The minimum absolute atomic E-state index is 0.122. The fourth-order valence-corrected chi connectivity index (χ4v) is 0.514. The van der Waals surface area contributed by atoms with E-state index in [9.17, 15) is 4.79 Å². The molecule has 0 rings (SSSR count). The van der Waals surface area contributed by atoms with Crippen LogP contribution in [0.1, 0.15) is 19.8 Å². The molecule has 0 spiro atoms. The summed E-state index contributed by atoms with van der Waals surface area (Å²) in [6.07, 6.45) is 4.49. The molecule has 0 amide bonds. The van der Waals surface area contributed by atoms with Gasteiger partial charge in [-0.05, 0) is 6.42 Å². The molecule has 11 heavy (non-hydrogen) atoms. The van der Waals surface area contributed by atoms with Crippen LogP contribution in [-0.2, 0) is 9.53 Å². The molecule has 64 valence electrons. The van der Waals surface area contributed by atoms with Gasteiger partial charge in [-0.15, -0.1) is 0 Å². The van der Waals surface area contributed by atoms with Gasteiger partial charge in [-0.3, -0.25) is 0 Å². The van der Waals surface area contributed by atoms with E-state index in [-0.39, 0.29) is 12.6 Å². The monoisotopic (exact) mass is 158 g/mol. The van der Waals surface area contributed by atoms with E-state index in [2.05, 4.69) is 0 Å². The summed E-state index contributed by atoms with van der Waals surface area (Å²) in [5.74, 6) is -0.382. The molecule has 0 saturated carbocycles. The van der Waals surface area contributed by atoms with Gasteiger partial charge in [0.1, 0.15) is 0 Å². The van der Waals surface area contributed by atoms with Crippen LogP contribution in [0, 0.1) is 0 Å². The molecular weight excluding hydrogens is 144 g/mol. The van der Waals surface area contributed by atoms with Gasteiger partial charge in [0.05, 0.1) is 13.2 Å². The SMILES string of the molecule is CCCCOC(=O)/C=C/CO. The number of hydrogen-bond acceptors (Lipinski definition) is 3. The zero-order valence-corrected chi connectivity index (χ0v) is 6.75. The van der Waals surface area contributed by atoms with Gasteiger partial charge in [-0.1, -0.05) is 19.4 Å². The van der Waals surface area contributed by atoms with Crippen molar-refractivity contribution in [2.24, 2.45) is 0 Å². The fourth-order valence-electron chi connectivity index (χ4n) is 0.514. The lowest BCUT2D eigenvalue weighted by Crippen LogP contribution is -2.01. The first-order chi connectivity index (χ1) is 5.31. The number of carbonyl (C=O) groups excluding carboxylic acids is 1. The van der Waals surface area contributed by atoms with E-state index in [0.717, 1.165) is 12.8 Å².